The molecule has 0 aromatic carbocycles. The maximum Gasteiger partial charge on any atom is -0.00773 e. The van der Waals surface area contributed by atoms with Gasteiger partial charge in [-0.2, -0.15) is 0 Å². The zero-order valence-corrected chi connectivity index (χ0v) is 24.3. The van der Waals surface area contributed by atoms with Gasteiger partial charge in [-0.1, -0.05) is 106 Å². The molecule has 210 valence electrons. The highest BCUT2D eigenvalue weighted by Crippen LogP contribution is 2.00. The van der Waals surface area contributed by atoms with Crippen LogP contribution in [0.15, 0.2) is 0 Å². The van der Waals surface area contributed by atoms with Crippen LogP contribution in [0.3, 0.4) is 0 Å². The summed E-state index contributed by atoms with van der Waals surface area (Å²) in [6, 6.07) is 0. The Labute approximate surface area is 211 Å². The largest absolute Gasteiger partial charge is 0.331 e. The van der Waals surface area contributed by atoms with Gasteiger partial charge in [-0.3, -0.25) is 0 Å². The van der Waals surface area contributed by atoms with Crippen LogP contribution < -0.4 is 34.4 Å². The van der Waals surface area contributed by atoms with Crippen molar-refractivity contribution in [3.8, 4) is 0 Å². The van der Waals surface area contributed by atoms with Crippen molar-refractivity contribution < 1.29 is 0 Å². The van der Waals surface area contributed by atoms with E-state index < -0.39 is 0 Å². The standard InChI is InChI=1S/C7H17N.C6H15N.C5H13N.C4H11N.C3H9N.C2H7N/c1-2-3-4-5-6-7-8;1-2-3-4-5-6-7;1-2-3-4-5-6;1-2-3-4-5;1-2-3-4;1-2-3/h2-8H2,1H3;2-7H2,1H3;2-6H2,1H3;2-5H2,1H3;2-4H2,1H3;2-3H2,1H3. The van der Waals surface area contributed by atoms with Crippen LogP contribution in [-0.2, 0) is 0 Å². The van der Waals surface area contributed by atoms with Gasteiger partial charge in [-0.15, -0.1) is 0 Å². The number of nitrogens with two attached hydrogens (primary N) is 6. The Hall–Kier alpha value is -0.240. The molecule has 0 aromatic heterocycles. The van der Waals surface area contributed by atoms with Gasteiger partial charge >= 0.3 is 0 Å². The molecule has 6 heteroatoms. The molecule has 0 aromatic rings. The summed E-state index contributed by atoms with van der Waals surface area (Å²) in [5.41, 5.74) is 30.8. The molecule has 0 amide bonds. The molecule has 0 spiro atoms. The Bertz CT molecular complexity index is 189. The predicted molar refractivity (Wildman–Crippen MR) is 158 cm³/mol. The molecule has 33 heavy (non-hydrogen) atoms. The van der Waals surface area contributed by atoms with Crippen molar-refractivity contribution in [1.29, 1.82) is 0 Å². The van der Waals surface area contributed by atoms with E-state index in [1.165, 1.54) is 89.9 Å². The minimum Gasteiger partial charge on any atom is -0.331 e. The highest BCUT2D eigenvalue weighted by Gasteiger charge is 1.83. The minimum absolute atomic E-state index is 0.750. The van der Waals surface area contributed by atoms with Crippen LogP contribution in [0.4, 0.5) is 0 Å². The van der Waals surface area contributed by atoms with E-state index in [0.717, 1.165) is 45.7 Å². The van der Waals surface area contributed by atoms with Crippen molar-refractivity contribution in [3.05, 3.63) is 0 Å². The number of rotatable bonds is 15. The molecular formula is C27H72N6. The normalized spacial score (nSPS) is 8.73. The first kappa shape index (κ1) is 46.1. The molecule has 0 bridgehead atoms. The third-order valence-electron chi connectivity index (χ3n) is 4.02. The van der Waals surface area contributed by atoms with Crippen LogP contribution in [0, 0.1) is 0 Å². The predicted octanol–water partition coefficient (Wildman–Crippen LogP) is 5.64. The zero-order valence-electron chi connectivity index (χ0n) is 24.3. The lowest BCUT2D eigenvalue weighted by Gasteiger charge is -1.93. The molecule has 0 radical (unpaired) electrons. The van der Waals surface area contributed by atoms with Gasteiger partial charge in [0.1, 0.15) is 0 Å². The quantitative estimate of drug-likeness (QED) is 0.166. The van der Waals surface area contributed by atoms with Crippen molar-refractivity contribution in [2.24, 2.45) is 34.4 Å². The van der Waals surface area contributed by atoms with Crippen molar-refractivity contribution in [1.82, 2.24) is 0 Å². The third kappa shape index (κ3) is 129. The van der Waals surface area contributed by atoms with Crippen LogP contribution >= 0.6 is 0 Å². The molecule has 0 rings (SSSR count). The van der Waals surface area contributed by atoms with E-state index >= 15 is 0 Å². The molecule has 0 aliphatic rings. The van der Waals surface area contributed by atoms with Crippen molar-refractivity contribution in [2.45, 2.75) is 138 Å². The fourth-order valence-electron chi connectivity index (χ4n) is 1.92. The Morgan fingerprint density at radius 3 is 0.667 bits per heavy atom. The summed E-state index contributed by atoms with van der Waals surface area (Å²) < 4.78 is 0. The summed E-state index contributed by atoms with van der Waals surface area (Å²) in [6.07, 6.45) is 19.0. The molecule has 12 N–H and O–H groups in total. The van der Waals surface area contributed by atoms with Gasteiger partial charge in [0.25, 0.3) is 0 Å². The summed E-state index contributed by atoms with van der Waals surface area (Å²) in [5, 5.41) is 0. The Morgan fingerprint density at radius 2 is 0.485 bits per heavy atom. The van der Waals surface area contributed by atoms with Gasteiger partial charge < -0.3 is 34.4 Å². The van der Waals surface area contributed by atoms with Crippen molar-refractivity contribution in [3.63, 3.8) is 0 Å². The van der Waals surface area contributed by atoms with Crippen LogP contribution in [0.25, 0.3) is 0 Å². The minimum atomic E-state index is 0.750. The van der Waals surface area contributed by atoms with Crippen LogP contribution in [0.1, 0.15) is 138 Å². The summed E-state index contributed by atoms with van der Waals surface area (Å²) in [4.78, 5) is 0. The number of unbranched alkanes of at least 4 members (excludes halogenated alkanes) is 10. The van der Waals surface area contributed by atoms with Crippen LogP contribution in [-0.4, -0.2) is 39.3 Å². The van der Waals surface area contributed by atoms with E-state index in [2.05, 4.69) is 34.6 Å². The summed E-state index contributed by atoms with van der Waals surface area (Å²) >= 11 is 0. The fourth-order valence-corrected chi connectivity index (χ4v) is 1.92. The molecule has 6 nitrogen and oxygen atoms in total. The van der Waals surface area contributed by atoms with Gasteiger partial charge in [0.15, 0.2) is 0 Å². The van der Waals surface area contributed by atoms with E-state index in [-0.39, 0.29) is 0 Å². The molecular weight excluding hydrogens is 408 g/mol. The van der Waals surface area contributed by atoms with Gasteiger partial charge in [0.2, 0.25) is 0 Å². The van der Waals surface area contributed by atoms with Gasteiger partial charge in [-0.05, 0) is 71.4 Å². The SMILES string of the molecule is CCCCCCCN.CCCCCCN.CCCCCN.CCCCN.CCCN.CCN. The lowest BCUT2D eigenvalue weighted by molar-refractivity contribution is 0.638. The smallest absolute Gasteiger partial charge is 0.00773 e. The number of hydrogen-bond acceptors (Lipinski definition) is 6. The van der Waals surface area contributed by atoms with Crippen LogP contribution in [0.2, 0.25) is 0 Å². The first-order valence-corrected chi connectivity index (χ1v) is 14.2. The van der Waals surface area contributed by atoms with Crippen molar-refractivity contribution in [2.75, 3.05) is 39.3 Å². The second kappa shape index (κ2) is 69.7. The van der Waals surface area contributed by atoms with E-state index in [0.29, 0.717) is 0 Å². The average Bonchev–Trinajstić information content (AvgIpc) is 2.83. The molecule has 0 aliphatic carbocycles. The maximum atomic E-state index is 5.31. The number of hydrogen-bond donors (Lipinski definition) is 6. The molecule has 0 aliphatic heterocycles. The lowest BCUT2D eigenvalue weighted by Crippen LogP contribution is -1.97. The topological polar surface area (TPSA) is 156 Å². The van der Waals surface area contributed by atoms with Gasteiger partial charge in [0.05, 0.1) is 0 Å². The highest BCUT2D eigenvalue weighted by atomic mass is 14.5. The van der Waals surface area contributed by atoms with E-state index in [9.17, 15) is 0 Å². The summed E-state index contributed by atoms with van der Waals surface area (Å²) in [5.74, 6) is 0. The second-order valence-corrected chi connectivity index (χ2v) is 7.89. The molecule has 0 heterocycles. The highest BCUT2D eigenvalue weighted by molar-refractivity contribution is 4.41. The second-order valence-electron chi connectivity index (χ2n) is 7.89. The monoisotopic (exact) mass is 481 g/mol. The van der Waals surface area contributed by atoms with Gasteiger partial charge in [-0.25, -0.2) is 0 Å². The van der Waals surface area contributed by atoms with Crippen molar-refractivity contribution >= 4 is 0 Å². The first-order valence-electron chi connectivity index (χ1n) is 14.2. The summed E-state index contributed by atoms with van der Waals surface area (Å²) in [7, 11) is 0. The molecule has 0 fully saturated rings. The fraction of sp³-hybridized carbons (Fsp3) is 1.00. The van der Waals surface area contributed by atoms with Crippen LogP contribution in [0.5, 0.6) is 0 Å². The van der Waals surface area contributed by atoms with E-state index in [1.54, 1.807) is 0 Å². The Balaban J connectivity index is -0.0000000681. The molecule has 0 unspecified atom stereocenters. The zero-order chi connectivity index (χ0) is 26.8. The van der Waals surface area contributed by atoms with E-state index in [4.69, 9.17) is 34.4 Å². The molecule has 0 saturated heterocycles. The Morgan fingerprint density at radius 1 is 0.273 bits per heavy atom. The average molecular weight is 481 g/mol. The first-order chi connectivity index (χ1) is 16.0. The van der Waals surface area contributed by atoms with Gasteiger partial charge in [0, 0.05) is 0 Å². The molecule has 0 atom stereocenters. The Kier molecular flexibility index (Phi) is 97.5. The molecule has 0 saturated carbocycles. The lowest BCUT2D eigenvalue weighted by atomic mass is 10.2. The summed E-state index contributed by atoms with van der Waals surface area (Å²) in [6.45, 7) is 17.7. The third-order valence-corrected chi connectivity index (χ3v) is 4.02. The maximum absolute atomic E-state index is 5.31. The van der Waals surface area contributed by atoms with E-state index in [1.807, 2.05) is 6.92 Å².